The SMILES string of the molecule is COc1cc(-c2nc(Cl)cc(C3CC3)n2)cc(Br)c1O. The summed E-state index contributed by atoms with van der Waals surface area (Å²) in [5.41, 5.74) is 1.72. The van der Waals surface area contributed by atoms with Crippen molar-refractivity contribution in [1.82, 2.24) is 9.97 Å². The molecule has 0 amide bonds. The van der Waals surface area contributed by atoms with Crippen LogP contribution in [0.2, 0.25) is 5.15 Å². The van der Waals surface area contributed by atoms with Crippen LogP contribution in [-0.4, -0.2) is 22.2 Å². The Morgan fingerprint density at radius 1 is 1.30 bits per heavy atom. The number of halogens is 2. The van der Waals surface area contributed by atoms with Gasteiger partial charge in [-0.3, -0.25) is 0 Å². The number of nitrogens with zero attached hydrogens (tertiary/aromatic N) is 2. The van der Waals surface area contributed by atoms with Crippen molar-refractivity contribution in [2.24, 2.45) is 0 Å². The first-order chi connectivity index (χ1) is 9.58. The fourth-order valence-corrected chi connectivity index (χ4v) is 2.64. The van der Waals surface area contributed by atoms with Gasteiger partial charge in [0.1, 0.15) is 5.15 Å². The number of methoxy groups -OCH3 is 1. The van der Waals surface area contributed by atoms with E-state index in [1.807, 2.05) is 6.07 Å². The van der Waals surface area contributed by atoms with Gasteiger partial charge in [0.25, 0.3) is 0 Å². The van der Waals surface area contributed by atoms with Crippen LogP contribution >= 0.6 is 27.5 Å². The molecule has 0 spiro atoms. The van der Waals surface area contributed by atoms with Gasteiger partial charge < -0.3 is 9.84 Å². The molecular formula is C14H12BrClN2O2. The Balaban J connectivity index is 2.10. The summed E-state index contributed by atoms with van der Waals surface area (Å²) in [6.45, 7) is 0. The topological polar surface area (TPSA) is 55.2 Å². The summed E-state index contributed by atoms with van der Waals surface area (Å²) in [6, 6.07) is 5.26. The highest BCUT2D eigenvalue weighted by Gasteiger charge is 2.26. The van der Waals surface area contributed by atoms with Crippen LogP contribution in [0.5, 0.6) is 11.5 Å². The third-order valence-electron chi connectivity index (χ3n) is 3.22. The van der Waals surface area contributed by atoms with Gasteiger partial charge in [0.2, 0.25) is 0 Å². The summed E-state index contributed by atoms with van der Waals surface area (Å²) < 4.78 is 5.67. The summed E-state index contributed by atoms with van der Waals surface area (Å²) in [6.07, 6.45) is 2.30. The number of ether oxygens (including phenoxy) is 1. The van der Waals surface area contributed by atoms with Gasteiger partial charge in [-0.05, 0) is 47.0 Å². The lowest BCUT2D eigenvalue weighted by atomic mass is 10.1. The maximum Gasteiger partial charge on any atom is 0.172 e. The number of benzene rings is 1. The Morgan fingerprint density at radius 2 is 2.05 bits per heavy atom. The zero-order valence-electron chi connectivity index (χ0n) is 10.7. The van der Waals surface area contributed by atoms with Crippen molar-refractivity contribution >= 4 is 27.5 Å². The van der Waals surface area contributed by atoms with Gasteiger partial charge in [-0.25, -0.2) is 9.97 Å². The molecule has 20 heavy (non-hydrogen) atoms. The van der Waals surface area contributed by atoms with Gasteiger partial charge in [-0.2, -0.15) is 0 Å². The second-order valence-electron chi connectivity index (χ2n) is 4.72. The van der Waals surface area contributed by atoms with Crippen molar-refractivity contribution in [3.63, 3.8) is 0 Å². The van der Waals surface area contributed by atoms with Crippen LogP contribution in [0.4, 0.5) is 0 Å². The number of phenols is 1. The number of rotatable bonds is 3. The first-order valence-electron chi connectivity index (χ1n) is 6.20. The fourth-order valence-electron chi connectivity index (χ4n) is 2.01. The maximum atomic E-state index is 9.84. The van der Waals surface area contributed by atoms with Crippen LogP contribution in [0.3, 0.4) is 0 Å². The van der Waals surface area contributed by atoms with Crippen LogP contribution in [-0.2, 0) is 0 Å². The minimum atomic E-state index is 0.0562. The van der Waals surface area contributed by atoms with Crippen molar-refractivity contribution in [2.75, 3.05) is 7.11 Å². The number of hydrogen-bond donors (Lipinski definition) is 1. The minimum Gasteiger partial charge on any atom is -0.503 e. The van der Waals surface area contributed by atoms with Crippen molar-refractivity contribution in [3.8, 4) is 22.9 Å². The minimum absolute atomic E-state index is 0.0562. The molecule has 0 aliphatic heterocycles. The van der Waals surface area contributed by atoms with E-state index in [0.717, 1.165) is 24.1 Å². The van der Waals surface area contributed by atoms with Gasteiger partial charge in [-0.15, -0.1) is 0 Å². The Morgan fingerprint density at radius 3 is 2.70 bits per heavy atom. The molecule has 0 radical (unpaired) electrons. The molecular weight excluding hydrogens is 344 g/mol. The molecule has 1 aliphatic carbocycles. The smallest absolute Gasteiger partial charge is 0.172 e. The van der Waals surface area contributed by atoms with E-state index < -0.39 is 0 Å². The number of aromatic nitrogens is 2. The Bertz CT molecular complexity index is 674. The van der Waals surface area contributed by atoms with Gasteiger partial charge >= 0.3 is 0 Å². The summed E-state index contributed by atoms with van der Waals surface area (Å²) in [7, 11) is 1.50. The van der Waals surface area contributed by atoms with Crippen LogP contribution in [0, 0.1) is 0 Å². The van der Waals surface area contributed by atoms with E-state index in [0.29, 0.717) is 27.1 Å². The van der Waals surface area contributed by atoms with Crippen LogP contribution in [0.1, 0.15) is 24.5 Å². The van der Waals surface area contributed by atoms with Crippen molar-refractivity contribution < 1.29 is 9.84 Å². The maximum absolute atomic E-state index is 9.84. The van der Waals surface area contributed by atoms with E-state index in [4.69, 9.17) is 16.3 Å². The highest BCUT2D eigenvalue weighted by atomic mass is 79.9. The molecule has 1 saturated carbocycles. The summed E-state index contributed by atoms with van der Waals surface area (Å²) in [4.78, 5) is 8.82. The van der Waals surface area contributed by atoms with Crippen molar-refractivity contribution in [1.29, 1.82) is 0 Å². The average Bonchev–Trinajstić information content (AvgIpc) is 3.25. The van der Waals surface area contributed by atoms with E-state index in [-0.39, 0.29) is 5.75 Å². The van der Waals surface area contributed by atoms with E-state index in [1.165, 1.54) is 7.11 Å². The predicted molar refractivity (Wildman–Crippen MR) is 80.4 cm³/mol. The predicted octanol–water partition coefficient (Wildman–Crippen LogP) is 4.15. The molecule has 1 N–H and O–H groups in total. The highest BCUT2D eigenvalue weighted by molar-refractivity contribution is 9.10. The quantitative estimate of drug-likeness (QED) is 0.840. The lowest BCUT2D eigenvalue weighted by Gasteiger charge is -2.09. The summed E-state index contributed by atoms with van der Waals surface area (Å²) >= 11 is 9.37. The molecule has 0 saturated heterocycles. The molecule has 6 heteroatoms. The van der Waals surface area contributed by atoms with Gasteiger partial charge in [-0.1, -0.05) is 11.6 Å². The van der Waals surface area contributed by atoms with E-state index in [9.17, 15) is 5.11 Å². The molecule has 1 fully saturated rings. The van der Waals surface area contributed by atoms with Crippen LogP contribution in [0.15, 0.2) is 22.7 Å². The zero-order valence-corrected chi connectivity index (χ0v) is 13.1. The number of aromatic hydroxyl groups is 1. The van der Waals surface area contributed by atoms with E-state index in [2.05, 4.69) is 25.9 Å². The number of hydrogen-bond acceptors (Lipinski definition) is 4. The molecule has 1 heterocycles. The molecule has 3 rings (SSSR count). The Hall–Kier alpha value is -1.33. The fraction of sp³-hybridized carbons (Fsp3) is 0.286. The molecule has 2 aromatic rings. The molecule has 0 bridgehead atoms. The van der Waals surface area contributed by atoms with Crippen LogP contribution in [0.25, 0.3) is 11.4 Å². The number of phenolic OH excluding ortho intramolecular Hbond substituents is 1. The summed E-state index contributed by atoms with van der Waals surface area (Å²) in [5, 5.41) is 10.3. The lowest BCUT2D eigenvalue weighted by molar-refractivity contribution is 0.372. The third kappa shape index (κ3) is 2.60. The highest BCUT2D eigenvalue weighted by Crippen LogP contribution is 2.41. The normalized spacial score (nSPS) is 14.3. The molecule has 1 aromatic heterocycles. The first-order valence-corrected chi connectivity index (χ1v) is 7.37. The zero-order chi connectivity index (χ0) is 14.3. The molecule has 0 unspecified atom stereocenters. The molecule has 1 aliphatic rings. The Kier molecular flexibility index (Phi) is 3.56. The van der Waals surface area contributed by atoms with E-state index in [1.54, 1.807) is 12.1 Å². The van der Waals surface area contributed by atoms with Gasteiger partial charge in [0.15, 0.2) is 17.3 Å². The average molecular weight is 356 g/mol. The third-order valence-corrected chi connectivity index (χ3v) is 4.01. The molecule has 0 atom stereocenters. The largest absolute Gasteiger partial charge is 0.503 e. The van der Waals surface area contributed by atoms with Crippen molar-refractivity contribution in [3.05, 3.63) is 33.5 Å². The van der Waals surface area contributed by atoms with Gasteiger partial charge in [0, 0.05) is 17.2 Å². The van der Waals surface area contributed by atoms with Crippen molar-refractivity contribution in [2.45, 2.75) is 18.8 Å². The molecule has 1 aromatic carbocycles. The standard InChI is InChI=1S/C14H12BrClN2O2/c1-20-11-5-8(4-9(15)13(11)19)14-17-10(7-2-3-7)6-12(16)18-14/h4-7,19H,2-3H2,1H3. The molecule has 104 valence electrons. The second kappa shape index (κ2) is 5.22. The second-order valence-corrected chi connectivity index (χ2v) is 5.96. The first kappa shape index (κ1) is 13.6. The monoisotopic (exact) mass is 354 g/mol. The van der Waals surface area contributed by atoms with Crippen LogP contribution < -0.4 is 4.74 Å². The van der Waals surface area contributed by atoms with Gasteiger partial charge in [0.05, 0.1) is 11.6 Å². The molecule has 4 nitrogen and oxygen atoms in total. The lowest BCUT2D eigenvalue weighted by Crippen LogP contribution is -1.96. The summed E-state index contributed by atoms with van der Waals surface area (Å²) in [5.74, 6) is 1.46. The Labute approximate surface area is 129 Å². The van der Waals surface area contributed by atoms with E-state index >= 15 is 0 Å².